The van der Waals surface area contributed by atoms with E-state index < -0.39 is 0 Å². The molecule has 0 unspecified atom stereocenters. The van der Waals surface area contributed by atoms with Gasteiger partial charge >= 0.3 is 0 Å². The Bertz CT molecular complexity index is 508. The Balaban J connectivity index is 1.80. The predicted molar refractivity (Wildman–Crippen MR) is 67.7 cm³/mol. The van der Waals surface area contributed by atoms with Gasteiger partial charge in [-0.25, -0.2) is 0 Å². The van der Waals surface area contributed by atoms with E-state index in [1.165, 1.54) is 5.57 Å². The topological polar surface area (TPSA) is 51.0 Å². The molecule has 2 aromatic heterocycles. The Morgan fingerprint density at radius 2 is 2.18 bits per heavy atom. The van der Waals surface area contributed by atoms with Crippen LogP contribution in [0.4, 0.5) is 0 Å². The number of hydrogen-bond donors (Lipinski definition) is 1. The zero-order valence-corrected chi connectivity index (χ0v) is 10.2. The molecule has 4 nitrogen and oxygen atoms in total. The highest BCUT2D eigenvalue weighted by atomic mass is 32.1. The van der Waals surface area contributed by atoms with Crippen molar-refractivity contribution >= 4 is 17.4 Å². The van der Waals surface area contributed by atoms with Crippen LogP contribution in [-0.2, 0) is 0 Å². The lowest BCUT2D eigenvalue weighted by Crippen LogP contribution is -2.22. The molecular formula is C12H13N3OS. The van der Waals surface area contributed by atoms with E-state index in [0.717, 1.165) is 30.8 Å². The van der Waals surface area contributed by atoms with Crippen molar-refractivity contribution in [1.82, 2.24) is 15.5 Å². The van der Waals surface area contributed by atoms with E-state index in [4.69, 9.17) is 4.42 Å². The molecule has 0 amide bonds. The van der Waals surface area contributed by atoms with Crippen LogP contribution in [0.5, 0.6) is 0 Å². The number of nitrogens with one attached hydrogen (secondary N) is 1. The van der Waals surface area contributed by atoms with Crippen molar-refractivity contribution in [1.29, 1.82) is 0 Å². The Morgan fingerprint density at radius 3 is 2.94 bits per heavy atom. The van der Waals surface area contributed by atoms with E-state index in [2.05, 4.69) is 15.5 Å². The third kappa shape index (κ3) is 2.45. The lowest BCUT2D eigenvalue weighted by molar-refractivity contribution is 0.555. The number of aromatic nitrogens is 2. The summed E-state index contributed by atoms with van der Waals surface area (Å²) in [5, 5.41) is 13.4. The normalized spacial score (nSPS) is 16.1. The van der Waals surface area contributed by atoms with Gasteiger partial charge in [-0.05, 0) is 37.4 Å². The van der Waals surface area contributed by atoms with Crippen molar-refractivity contribution in [3.05, 3.63) is 29.0 Å². The van der Waals surface area contributed by atoms with Crippen LogP contribution < -0.4 is 5.32 Å². The first-order valence-electron chi connectivity index (χ1n) is 5.69. The molecule has 1 fully saturated rings. The second-order valence-electron chi connectivity index (χ2n) is 3.98. The summed E-state index contributed by atoms with van der Waals surface area (Å²) in [5.74, 6) is 1.23. The second kappa shape index (κ2) is 4.81. The van der Waals surface area contributed by atoms with Crippen LogP contribution in [0.25, 0.3) is 16.8 Å². The largest absolute Gasteiger partial charge is 0.416 e. The number of hydrogen-bond acceptors (Lipinski definition) is 5. The minimum atomic E-state index is 0.612. The van der Waals surface area contributed by atoms with E-state index in [1.54, 1.807) is 11.3 Å². The third-order valence-electron chi connectivity index (χ3n) is 2.75. The van der Waals surface area contributed by atoms with Crippen molar-refractivity contribution in [3.8, 4) is 10.8 Å². The van der Waals surface area contributed by atoms with Gasteiger partial charge < -0.3 is 9.73 Å². The van der Waals surface area contributed by atoms with Gasteiger partial charge in [0.05, 0.1) is 4.88 Å². The minimum absolute atomic E-state index is 0.612. The van der Waals surface area contributed by atoms with Gasteiger partial charge in [0.1, 0.15) is 0 Å². The molecule has 3 rings (SSSR count). The van der Waals surface area contributed by atoms with Gasteiger partial charge in [-0.15, -0.1) is 21.5 Å². The van der Waals surface area contributed by atoms with Gasteiger partial charge in [0, 0.05) is 6.08 Å². The maximum Gasteiger partial charge on any atom is 0.258 e. The molecule has 2 aromatic rings. The van der Waals surface area contributed by atoms with Crippen LogP contribution in [0.2, 0.25) is 0 Å². The SMILES string of the molecule is C(=C1CCNCC1)c1nnc(-c2cccs2)o1. The van der Waals surface area contributed by atoms with Crippen LogP contribution >= 0.6 is 11.3 Å². The Labute approximate surface area is 103 Å². The molecule has 1 aliphatic rings. The van der Waals surface area contributed by atoms with Gasteiger partial charge in [0.25, 0.3) is 5.89 Å². The van der Waals surface area contributed by atoms with E-state index in [0.29, 0.717) is 11.8 Å². The number of nitrogens with zero attached hydrogens (tertiary/aromatic N) is 2. The molecule has 0 radical (unpaired) electrons. The zero-order valence-electron chi connectivity index (χ0n) is 9.35. The predicted octanol–water partition coefficient (Wildman–Crippen LogP) is 2.56. The fraction of sp³-hybridized carbons (Fsp3) is 0.333. The molecule has 5 heteroatoms. The lowest BCUT2D eigenvalue weighted by atomic mass is 10.1. The maximum absolute atomic E-state index is 5.62. The first kappa shape index (κ1) is 10.7. The summed E-state index contributed by atoms with van der Waals surface area (Å²) in [4.78, 5) is 1.02. The van der Waals surface area contributed by atoms with Gasteiger partial charge in [-0.1, -0.05) is 11.6 Å². The first-order valence-corrected chi connectivity index (χ1v) is 6.57. The molecule has 0 bridgehead atoms. The fourth-order valence-corrected chi connectivity index (χ4v) is 2.50. The molecule has 0 aliphatic carbocycles. The highest BCUT2D eigenvalue weighted by molar-refractivity contribution is 7.13. The summed E-state index contributed by atoms with van der Waals surface area (Å²) >= 11 is 1.61. The molecule has 0 atom stereocenters. The molecule has 3 heterocycles. The first-order chi connectivity index (χ1) is 8.42. The summed E-state index contributed by atoms with van der Waals surface area (Å²) in [6, 6.07) is 3.97. The van der Waals surface area contributed by atoms with Crippen molar-refractivity contribution in [3.63, 3.8) is 0 Å². The zero-order chi connectivity index (χ0) is 11.5. The Morgan fingerprint density at radius 1 is 1.29 bits per heavy atom. The Kier molecular flexibility index (Phi) is 3.02. The number of thiophene rings is 1. The minimum Gasteiger partial charge on any atom is -0.416 e. The smallest absolute Gasteiger partial charge is 0.258 e. The van der Waals surface area contributed by atoms with Gasteiger partial charge in [0.2, 0.25) is 5.89 Å². The molecule has 1 aliphatic heterocycles. The quantitative estimate of drug-likeness (QED) is 0.886. The molecule has 1 N–H and O–H groups in total. The van der Waals surface area contributed by atoms with Crippen molar-refractivity contribution < 1.29 is 4.42 Å². The van der Waals surface area contributed by atoms with Crippen LogP contribution in [-0.4, -0.2) is 23.3 Å². The number of rotatable bonds is 2. The standard InChI is InChI=1S/C12H13N3OS/c1-2-10(17-7-1)12-15-14-11(16-12)8-9-3-5-13-6-4-9/h1-2,7-8,13H,3-6H2. The average Bonchev–Trinajstić information content (AvgIpc) is 3.00. The Hall–Kier alpha value is -1.46. The van der Waals surface area contributed by atoms with E-state index in [9.17, 15) is 0 Å². The molecule has 17 heavy (non-hydrogen) atoms. The fourth-order valence-electron chi connectivity index (χ4n) is 1.86. The van der Waals surface area contributed by atoms with Crippen LogP contribution in [0.1, 0.15) is 18.7 Å². The summed E-state index contributed by atoms with van der Waals surface area (Å²) in [6.45, 7) is 2.08. The third-order valence-corrected chi connectivity index (χ3v) is 3.60. The monoisotopic (exact) mass is 247 g/mol. The highest BCUT2D eigenvalue weighted by Gasteiger charge is 2.10. The molecule has 88 valence electrons. The summed E-state index contributed by atoms with van der Waals surface area (Å²) in [7, 11) is 0. The van der Waals surface area contributed by atoms with Crippen LogP contribution in [0, 0.1) is 0 Å². The van der Waals surface area contributed by atoms with E-state index in [1.807, 2.05) is 23.6 Å². The summed E-state index contributed by atoms with van der Waals surface area (Å²) in [5.41, 5.74) is 1.38. The van der Waals surface area contributed by atoms with E-state index >= 15 is 0 Å². The van der Waals surface area contributed by atoms with Crippen LogP contribution in [0.3, 0.4) is 0 Å². The van der Waals surface area contributed by atoms with Gasteiger partial charge in [-0.2, -0.15) is 0 Å². The number of piperidine rings is 1. The molecule has 0 spiro atoms. The molecule has 0 aromatic carbocycles. The van der Waals surface area contributed by atoms with Gasteiger partial charge in [0.15, 0.2) is 0 Å². The van der Waals surface area contributed by atoms with E-state index in [-0.39, 0.29) is 0 Å². The maximum atomic E-state index is 5.62. The van der Waals surface area contributed by atoms with Crippen molar-refractivity contribution in [2.45, 2.75) is 12.8 Å². The van der Waals surface area contributed by atoms with Crippen molar-refractivity contribution in [2.24, 2.45) is 0 Å². The van der Waals surface area contributed by atoms with Crippen molar-refractivity contribution in [2.75, 3.05) is 13.1 Å². The molecular weight excluding hydrogens is 234 g/mol. The summed E-state index contributed by atoms with van der Waals surface area (Å²) in [6.07, 6.45) is 4.15. The average molecular weight is 247 g/mol. The molecule has 1 saturated heterocycles. The summed E-state index contributed by atoms with van der Waals surface area (Å²) < 4.78 is 5.62. The lowest BCUT2D eigenvalue weighted by Gasteiger charge is -2.13. The molecule has 0 saturated carbocycles. The van der Waals surface area contributed by atoms with Gasteiger partial charge in [-0.3, -0.25) is 0 Å². The second-order valence-corrected chi connectivity index (χ2v) is 4.92. The highest BCUT2D eigenvalue weighted by Crippen LogP contribution is 2.24. The van der Waals surface area contributed by atoms with Crippen LogP contribution in [0.15, 0.2) is 27.5 Å².